The van der Waals surface area contributed by atoms with Gasteiger partial charge < -0.3 is 15.4 Å². The highest BCUT2D eigenvalue weighted by Gasteiger charge is 2.22. The molecule has 1 amide bonds. The zero-order chi connectivity index (χ0) is 13.7. The Labute approximate surface area is 118 Å². The number of carbonyl (C=O) groups excluding carboxylic acids is 1. The number of hydrogen-bond acceptors (Lipinski definition) is 3. The standard InChI is InChI=1S/C14H19ClN2O2/c15-12-4-1-5-13(7-12)19-10-14(18)17-6-2-3-11(8-16)9-17/h1,4-5,7,11H,2-3,6,8-10,16H2. The minimum Gasteiger partial charge on any atom is -0.484 e. The maximum Gasteiger partial charge on any atom is 0.260 e. The van der Waals surface area contributed by atoms with Crippen LogP contribution in [0.1, 0.15) is 12.8 Å². The van der Waals surface area contributed by atoms with E-state index < -0.39 is 0 Å². The Morgan fingerprint density at radius 2 is 2.37 bits per heavy atom. The molecule has 1 unspecified atom stereocenters. The number of piperidine rings is 1. The minimum absolute atomic E-state index is 0.0122. The van der Waals surface area contributed by atoms with Crippen LogP contribution < -0.4 is 10.5 Å². The molecular formula is C14H19ClN2O2. The van der Waals surface area contributed by atoms with E-state index in [0.717, 1.165) is 25.9 Å². The second-order valence-electron chi connectivity index (χ2n) is 4.83. The van der Waals surface area contributed by atoms with E-state index in [1.165, 1.54) is 0 Å². The molecule has 0 aromatic heterocycles. The number of carbonyl (C=O) groups is 1. The van der Waals surface area contributed by atoms with Gasteiger partial charge in [0.25, 0.3) is 5.91 Å². The van der Waals surface area contributed by atoms with Crippen LogP contribution in [0.3, 0.4) is 0 Å². The van der Waals surface area contributed by atoms with Gasteiger partial charge in [0.05, 0.1) is 0 Å². The predicted octanol–water partition coefficient (Wildman–Crippen LogP) is 1.92. The van der Waals surface area contributed by atoms with Crippen LogP contribution in [0.25, 0.3) is 0 Å². The summed E-state index contributed by atoms with van der Waals surface area (Å²) in [6.07, 6.45) is 2.13. The Morgan fingerprint density at radius 3 is 3.11 bits per heavy atom. The van der Waals surface area contributed by atoms with Gasteiger partial charge in [0.15, 0.2) is 6.61 Å². The molecule has 0 radical (unpaired) electrons. The molecule has 1 aliphatic rings. The molecule has 5 heteroatoms. The van der Waals surface area contributed by atoms with Crippen LogP contribution in [0, 0.1) is 5.92 Å². The van der Waals surface area contributed by atoms with Crippen molar-refractivity contribution in [1.29, 1.82) is 0 Å². The summed E-state index contributed by atoms with van der Waals surface area (Å²) in [5.41, 5.74) is 5.66. The number of hydrogen-bond donors (Lipinski definition) is 1. The van der Waals surface area contributed by atoms with E-state index >= 15 is 0 Å². The molecule has 0 spiro atoms. The summed E-state index contributed by atoms with van der Waals surface area (Å²) < 4.78 is 5.46. The molecule has 1 aliphatic heterocycles. The Bertz CT molecular complexity index is 439. The molecule has 19 heavy (non-hydrogen) atoms. The van der Waals surface area contributed by atoms with Crippen molar-refractivity contribution >= 4 is 17.5 Å². The summed E-state index contributed by atoms with van der Waals surface area (Å²) in [5, 5.41) is 0.603. The Hall–Kier alpha value is -1.26. The van der Waals surface area contributed by atoms with Crippen molar-refractivity contribution in [2.75, 3.05) is 26.2 Å². The van der Waals surface area contributed by atoms with Crippen molar-refractivity contribution in [3.63, 3.8) is 0 Å². The summed E-state index contributed by atoms with van der Waals surface area (Å²) >= 11 is 5.86. The van der Waals surface area contributed by atoms with E-state index in [0.29, 0.717) is 23.2 Å². The van der Waals surface area contributed by atoms with Crippen LogP contribution in [-0.2, 0) is 4.79 Å². The van der Waals surface area contributed by atoms with Crippen LogP contribution in [0.2, 0.25) is 5.02 Å². The van der Waals surface area contributed by atoms with E-state index in [1.54, 1.807) is 24.3 Å². The third kappa shape index (κ3) is 4.11. The molecule has 1 fully saturated rings. The maximum atomic E-state index is 12.0. The topological polar surface area (TPSA) is 55.6 Å². The number of benzene rings is 1. The molecule has 1 atom stereocenters. The van der Waals surface area contributed by atoms with E-state index in [4.69, 9.17) is 22.1 Å². The number of amides is 1. The zero-order valence-corrected chi connectivity index (χ0v) is 11.6. The third-order valence-electron chi connectivity index (χ3n) is 3.36. The zero-order valence-electron chi connectivity index (χ0n) is 10.8. The number of rotatable bonds is 4. The molecule has 1 aromatic rings. The first-order valence-corrected chi connectivity index (χ1v) is 6.93. The van der Waals surface area contributed by atoms with Crippen molar-refractivity contribution < 1.29 is 9.53 Å². The highest BCUT2D eigenvalue weighted by atomic mass is 35.5. The second-order valence-corrected chi connectivity index (χ2v) is 5.27. The molecule has 0 bridgehead atoms. The summed E-state index contributed by atoms with van der Waals surface area (Å²) in [6.45, 7) is 2.24. The lowest BCUT2D eigenvalue weighted by atomic mass is 9.98. The molecule has 104 valence electrons. The highest BCUT2D eigenvalue weighted by Crippen LogP contribution is 2.18. The van der Waals surface area contributed by atoms with Crippen LogP contribution in [0.4, 0.5) is 0 Å². The monoisotopic (exact) mass is 282 g/mol. The fourth-order valence-electron chi connectivity index (χ4n) is 2.28. The summed E-state index contributed by atoms with van der Waals surface area (Å²) in [7, 11) is 0. The molecular weight excluding hydrogens is 264 g/mol. The normalized spacial score (nSPS) is 19.3. The number of ether oxygens (including phenoxy) is 1. The van der Waals surface area contributed by atoms with Gasteiger partial charge in [-0.05, 0) is 43.5 Å². The maximum absolute atomic E-state index is 12.0. The summed E-state index contributed by atoms with van der Waals surface area (Å²) in [4.78, 5) is 13.9. The number of nitrogens with zero attached hydrogens (tertiary/aromatic N) is 1. The van der Waals surface area contributed by atoms with Crippen LogP contribution in [-0.4, -0.2) is 37.0 Å². The van der Waals surface area contributed by atoms with Crippen molar-refractivity contribution in [3.8, 4) is 5.75 Å². The molecule has 0 aliphatic carbocycles. The van der Waals surface area contributed by atoms with Crippen molar-refractivity contribution in [2.24, 2.45) is 11.7 Å². The van der Waals surface area contributed by atoms with Gasteiger partial charge in [-0.15, -0.1) is 0 Å². The van der Waals surface area contributed by atoms with E-state index in [-0.39, 0.29) is 12.5 Å². The second kappa shape index (κ2) is 6.78. The lowest BCUT2D eigenvalue weighted by molar-refractivity contribution is -0.135. The fourth-order valence-corrected chi connectivity index (χ4v) is 2.46. The van der Waals surface area contributed by atoms with Gasteiger partial charge in [0.2, 0.25) is 0 Å². The molecule has 4 nitrogen and oxygen atoms in total. The predicted molar refractivity (Wildman–Crippen MR) is 75.3 cm³/mol. The molecule has 2 N–H and O–H groups in total. The van der Waals surface area contributed by atoms with Crippen molar-refractivity contribution in [2.45, 2.75) is 12.8 Å². The van der Waals surface area contributed by atoms with Crippen LogP contribution >= 0.6 is 11.6 Å². The first-order valence-electron chi connectivity index (χ1n) is 6.55. The third-order valence-corrected chi connectivity index (χ3v) is 3.60. The Balaban J connectivity index is 1.84. The molecule has 1 saturated heterocycles. The largest absolute Gasteiger partial charge is 0.484 e. The molecule has 2 rings (SSSR count). The Morgan fingerprint density at radius 1 is 1.53 bits per heavy atom. The lowest BCUT2D eigenvalue weighted by Gasteiger charge is -2.32. The van der Waals surface area contributed by atoms with Crippen LogP contribution in [0.5, 0.6) is 5.75 Å². The minimum atomic E-state index is 0.0122. The quantitative estimate of drug-likeness (QED) is 0.918. The van der Waals surface area contributed by atoms with Gasteiger partial charge in [-0.2, -0.15) is 0 Å². The fraction of sp³-hybridized carbons (Fsp3) is 0.500. The van der Waals surface area contributed by atoms with Gasteiger partial charge in [-0.3, -0.25) is 4.79 Å². The number of nitrogens with two attached hydrogens (primary N) is 1. The molecule has 0 saturated carbocycles. The van der Waals surface area contributed by atoms with Gasteiger partial charge >= 0.3 is 0 Å². The van der Waals surface area contributed by atoms with Crippen molar-refractivity contribution in [1.82, 2.24) is 4.90 Å². The average Bonchev–Trinajstić information content (AvgIpc) is 2.45. The summed E-state index contributed by atoms with van der Waals surface area (Å²) in [5.74, 6) is 1.05. The van der Waals surface area contributed by atoms with Gasteiger partial charge in [0, 0.05) is 18.1 Å². The average molecular weight is 283 g/mol. The number of likely N-dealkylation sites (tertiary alicyclic amines) is 1. The smallest absolute Gasteiger partial charge is 0.260 e. The summed E-state index contributed by atoms with van der Waals surface area (Å²) in [6, 6.07) is 7.06. The number of halogens is 1. The van der Waals surface area contributed by atoms with Crippen molar-refractivity contribution in [3.05, 3.63) is 29.3 Å². The lowest BCUT2D eigenvalue weighted by Crippen LogP contribution is -2.44. The van der Waals surface area contributed by atoms with Crippen LogP contribution in [0.15, 0.2) is 24.3 Å². The van der Waals surface area contributed by atoms with E-state index in [9.17, 15) is 4.79 Å². The SMILES string of the molecule is NCC1CCCN(C(=O)COc2cccc(Cl)c2)C1. The first-order chi connectivity index (χ1) is 9.19. The molecule has 1 aromatic carbocycles. The van der Waals surface area contributed by atoms with E-state index in [1.807, 2.05) is 4.90 Å². The van der Waals surface area contributed by atoms with Gasteiger partial charge in [0.1, 0.15) is 5.75 Å². The Kier molecular flexibility index (Phi) is 5.05. The van der Waals surface area contributed by atoms with Gasteiger partial charge in [-0.25, -0.2) is 0 Å². The first kappa shape index (κ1) is 14.2. The van der Waals surface area contributed by atoms with Gasteiger partial charge in [-0.1, -0.05) is 17.7 Å². The molecule has 1 heterocycles. The van der Waals surface area contributed by atoms with E-state index in [2.05, 4.69) is 0 Å². The highest BCUT2D eigenvalue weighted by molar-refractivity contribution is 6.30.